The lowest BCUT2D eigenvalue weighted by Crippen LogP contribution is -2.50. The van der Waals surface area contributed by atoms with Crippen LogP contribution in [-0.4, -0.2) is 54.2 Å². The molecule has 0 saturated carbocycles. The molecule has 1 fully saturated rings. The van der Waals surface area contributed by atoms with E-state index in [1.165, 1.54) is 5.56 Å². The Kier molecular flexibility index (Phi) is 6.02. The SMILES string of the molecule is COc1ccccc1NC(=O)N1CCN(c2nc(C)nc(C)c2C(C)C)CC1. The van der Waals surface area contributed by atoms with Gasteiger partial charge in [-0.05, 0) is 31.9 Å². The van der Waals surface area contributed by atoms with E-state index in [2.05, 4.69) is 29.0 Å². The van der Waals surface area contributed by atoms with Crippen LogP contribution in [0.4, 0.5) is 16.3 Å². The minimum Gasteiger partial charge on any atom is -0.495 e. The summed E-state index contributed by atoms with van der Waals surface area (Å²) in [6.45, 7) is 11.1. The molecule has 1 aliphatic heterocycles. The predicted molar refractivity (Wildman–Crippen MR) is 111 cm³/mol. The third-order valence-corrected chi connectivity index (χ3v) is 5.02. The Morgan fingerprint density at radius 3 is 2.43 bits per heavy atom. The average molecular weight is 383 g/mol. The van der Waals surface area contributed by atoms with Gasteiger partial charge in [0.25, 0.3) is 0 Å². The van der Waals surface area contributed by atoms with Gasteiger partial charge in [-0.2, -0.15) is 0 Å². The van der Waals surface area contributed by atoms with Crippen LogP contribution in [0, 0.1) is 13.8 Å². The van der Waals surface area contributed by atoms with Crippen LogP contribution in [-0.2, 0) is 0 Å². The van der Waals surface area contributed by atoms with Crippen molar-refractivity contribution in [3.8, 4) is 5.75 Å². The highest BCUT2D eigenvalue weighted by molar-refractivity contribution is 5.91. The molecule has 2 aromatic rings. The average Bonchev–Trinajstić information content (AvgIpc) is 2.67. The van der Waals surface area contributed by atoms with Gasteiger partial charge in [-0.25, -0.2) is 14.8 Å². The number of ether oxygens (including phenoxy) is 1. The Labute approximate surface area is 166 Å². The van der Waals surface area contributed by atoms with E-state index in [-0.39, 0.29) is 6.03 Å². The van der Waals surface area contributed by atoms with Crippen molar-refractivity contribution in [2.24, 2.45) is 0 Å². The number of aromatic nitrogens is 2. The quantitative estimate of drug-likeness (QED) is 0.874. The molecule has 28 heavy (non-hydrogen) atoms. The first-order valence-corrected chi connectivity index (χ1v) is 9.69. The molecule has 0 bridgehead atoms. The number of amides is 2. The van der Waals surface area contributed by atoms with Crippen LogP contribution in [0.25, 0.3) is 0 Å². The second-order valence-electron chi connectivity index (χ2n) is 7.35. The van der Waals surface area contributed by atoms with Crippen LogP contribution in [0.15, 0.2) is 24.3 Å². The minimum absolute atomic E-state index is 0.108. The van der Waals surface area contributed by atoms with Crippen LogP contribution in [0.5, 0.6) is 5.75 Å². The van der Waals surface area contributed by atoms with Gasteiger partial charge < -0.3 is 19.9 Å². The summed E-state index contributed by atoms with van der Waals surface area (Å²) in [5.41, 5.74) is 2.91. The van der Waals surface area contributed by atoms with Crippen molar-refractivity contribution in [3.05, 3.63) is 41.3 Å². The van der Waals surface area contributed by atoms with E-state index in [4.69, 9.17) is 9.72 Å². The number of nitrogens with one attached hydrogen (secondary N) is 1. The Morgan fingerprint density at radius 2 is 1.79 bits per heavy atom. The van der Waals surface area contributed by atoms with E-state index < -0.39 is 0 Å². The second kappa shape index (κ2) is 8.46. The van der Waals surface area contributed by atoms with Crippen LogP contribution >= 0.6 is 0 Å². The van der Waals surface area contributed by atoms with Crippen molar-refractivity contribution in [3.63, 3.8) is 0 Å². The van der Waals surface area contributed by atoms with Gasteiger partial charge in [0.2, 0.25) is 0 Å². The number of carbonyl (C=O) groups is 1. The van der Waals surface area contributed by atoms with Gasteiger partial charge in [-0.1, -0.05) is 26.0 Å². The number of nitrogens with zero attached hydrogens (tertiary/aromatic N) is 4. The van der Waals surface area contributed by atoms with Crippen LogP contribution in [0.1, 0.15) is 36.8 Å². The molecule has 1 aliphatic rings. The highest BCUT2D eigenvalue weighted by atomic mass is 16.5. The monoisotopic (exact) mass is 383 g/mol. The number of methoxy groups -OCH3 is 1. The van der Waals surface area contributed by atoms with Crippen LogP contribution in [0.3, 0.4) is 0 Å². The zero-order valence-electron chi connectivity index (χ0n) is 17.3. The number of carbonyl (C=O) groups excluding carboxylic acids is 1. The summed E-state index contributed by atoms with van der Waals surface area (Å²) in [6.07, 6.45) is 0. The Hall–Kier alpha value is -2.83. The summed E-state index contributed by atoms with van der Waals surface area (Å²) >= 11 is 0. The van der Waals surface area contributed by atoms with Gasteiger partial charge in [-0.15, -0.1) is 0 Å². The molecule has 0 spiro atoms. The first-order chi connectivity index (χ1) is 13.4. The number of hydrogen-bond donors (Lipinski definition) is 1. The summed E-state index contributed by atoms with van der Waals surface area (Å²) in [5, 5.41) is 2.95. The lowest BCUT2D eigenvalue weighted by atomic mass is 10.0. The minimum atomic E-state index is -0.108. The van der Waals surface area contributed by atoms with Crippen molar-refractivity contribution < 1.29 is 9.53 Å². The van der Waals surface area contributed by atoms with Gasteiger partial charge >= 0.3 is 6.03 Å². The fraction of sp³-hybridized carbons (Fsp3) is 0.476. The van der Waals surface area contributed by atoms with E-state index in [1.54, 1.807) is 7.11 Å². The topological polar surface area (TPSA) is 70.6 Å². The Balaban J connectivity index is 1.69. The molecule has 1 N–H and O–H groups in total. The molecule has 2 heterocycles. The molecular formula is C21H29N5O2. The molecule has 7 nitrogen and oxygen atoms in total. The molecule has 0 atom stereocenters. The number of para-hydroxylation sites is 2. The van der Waals surface area contributed by atoms with E-state index >= 15 is 0 Å². The fourth-order valence-corrected chi connectivity index (χ4v) is 3.68. The summed E-state index contributed by atoms with van der Waals surface area (Å²) in [7, 11) is 1.60. The number of aryl methyl sites for hydroxylation is 2. The summed E-state index contributed by atoms with van der Waals surface area (Å²) in [5.74, 6) is 2.79. The van der Waals surface area contributed by atoms with E-state index in [9.17, 15) is 4.79 Å². The van der Waals surface area contributed by atoms with E-state index in [0.717, 1.165) is 30.4 Å². The normalized spacial score (nSPS) is 14.4. The molecule has 0 aliphatic carbocycles. The number of urea groups is 1. The Bertz CT molecular complexity index is 845. The van der Waals surface area contributed by atoms with Crippen LogP contribution in [0.2, 0.25) is 0 Å². The molecule has 1 aromatic carbocycles. The maximum absolute atomic E-state index is 12.7. The van der Waals surface area contributed by atoms with Gasteiger partial charge in [0.05, 0.1) is 12.8 Å². The molecule has 1 aromatic heterocycles. The number of hydrogen-bond acceptors (Lipinski definition) is 5. The van der Waals surface area contributed by atoms with E-state index in [0.29, 0.717) is 30.4 Å². The number of benzene rings is 1. The third-order valence-electron chi connectivity index (χ3n) is 5.02. The van der Waals surface area contributed by atoms with Crippen molar-refractivity contribution in [1.29, 1.82) is 0 Å². The van der Waals surface area contributed by atoms with Crippen molar-refractivity contribution in [2.45, 2.75) is 33.6 Å². The molecule has 3 rings (SSSR count). The van der Waals surface area contributed by atoms with Gasteiger partial charge in [0.15, 0.2) is 0 Å². The maximum Gasteiger partial charge on any atom is 0.322 e. The second-order valence-corrected chi connectivity index (χ2v) is 7.35. The van der Waals surface area contributed by atoms with Crippen molar-refractivity contribution in [1.82, 2.24) is 14.9 Å². The first kappa shape index (κ1) is 19.9. The summed E-state index contributed by atoms with van der Waals surface area (Å²) < 4.78 is 5.31. The molecule has 0 radical (unpaired) electrons. The van der Waals surface area contributed by atoms with Crippen molar-refractivity contribution >= 4 is 17.5 Å². The lowest BCUT2D eigenvalue weighted by Gasteiger charge is -2.37. The fourth-order valence-electron chi connectivity index (χ4n) is 3.68. The molecule has 2 amide bonds. The molecule has 0 unspecified atom stereocenters. The van der Waals surface area contributed by atoms with Crippen molar-refractivity contribution in [2.75, 3.05) is 43.5 Å². The maximum atomic E-state index is 12.7. The highest BCUT2D eigenvalue weighted by Gasteiger charge is 2.26. The largest absolute Gasteiger partial charge is 0.495 e. The lowest BCUT2D eigenvalue weighted by molar-refractivity contribution is 0.208. The molecule has 7 heteroatoms. The van der Waals surface area contributed by atoms with Gasteiger partial charge in [0, 0.05) is 37.4 Å². The van der Waals surface area contributed by atoms with Crippen LogP contribution < -0.4 is 15.0 Å². The smallest absolute Gasteiger partial charge is 0.322 e. The number of anilines is 2. The predicted octanol–water partition coefficient (Wildman–Crippen LogP) is 3.58. The Morgan fingerprint density at radius 1 is 1.11 bits per heavy atom. The van der Waals surface area contributed by atoms with Gasteiger partial charge in [0.1, 0.15) is 17.4 Å². The third kappa shape index (κ3) is 4.18. The highest BCUT2D eigenvalue weighted by Crippen LogP contribution is 2.29. The number of rotatable bonds is 4. The zero-order chi connectivity index (χ0) is 20.3. The molecular weight excluding hydrogens is 354 g/mol. The van der Waals surface area contributed by atoms with Gasteiger partial charge in [-0.3, -0.25) is 0 Å². The summed E-state index contributed by atoms with van der Waals surface area (Å²) in [4.78, 5) is 26.0. The standard InChI is InChI=1S/C21H29N5O2/c1-14(2)19-15(3)22-16(4)23-20(19)25-10-12-26(13-11-25)21(27)24-17-8-6-7-9-18(17)28-5/h6-9,14H,10-13H2,1-5H3,(H,24,27). The summed E-state index contributed by atoms with van der Waals surface area (Å²) in [6, 6.07) is 7.33. The number of piperazine rings is 1. The first-order valence-electron chi connectivity index (χ1n) is 9.69. The molecule has 150 valence electrons. The van der Waals surface area contributed by atoms with E-state index in [1.807, 2.05) is 43.0 Å². The molecule has 1 saturated heterocycles. The zero-order valence-corrected chi connectivity index (χ0v) is 17.3.